The van der Waals surface area contributed by atoms with Gasteiger partial charge in [0.25, 0.3) is 0 Å². The molecule has 0 bridgehead atoms. The fraction of sp³-hybridized carbons (Fsp3) is 0.353. The van der Waals surface area contributed by atoms with Crippen LogP contribution in [0.1, 0.15) is 18.2 Å². The Morgan fingerprint density at radius 1 is 1.30 bits per heavy atom. The Labute approximate surface area is 158 Å². The minimum Gasteiger partial charge on any atom is -0.435 e. The second-order valence-corrected chi connectivity index (χ2v) is 6.89. The standard InChI is InChI=1S/C17H19F2N3O4S/c1-10-7-14(22-26-10)21-16(24)11(2)27-9-15(23)20-8-12-3-5-13(6-4-12)25-17(18)19/h3-7,11,17H,8-9H2,1-2H3,(H,20,23)(H,21,22,24). The van der Waals surface area contributed by atoms with Crippen molar-refractivity contribution in [2.24, 2.45) is 0 Å². The number of nitrogens with one attached hydrogen (secondary N) is 2. The van der Waals surface area contributed by atoms with Gasteiger partial charge >= 0.3 is 6.61 Å². The molecule has 146 valence electrons. The van der Waals surface area contributed by atoms with Crippen LogP contribution in [-0.2, 0) is 16.1 Å². The van der Waals surface area contributed by atoms with Crippen LogP contribution in [0.2, 0.25) is 0 Å². The van der Waals surface area contributed by atoms with Crippen LogP contribution < -0.4 is 15.4 Å². The Bertz CT molecular complexity index is 768. The van der Waals surface area contributed by atoms with Crippen molar-refractivity contribution in [2.45, 2.75) is 32.3 Å². The van der Waals surface area contributed by atoms with E-state index in [2.05, 4.69) is 20.5 Å². The third-order valence-electron chi connectivity index (χ3n) is 3.35. The molecule has 1 heterocycles. The lowest BCUT2D eigenvalue weighted by Gasteiger charge is -2.11. The Morgan fingerprint density at radius 2 is 2.00 bits per heavy atom. The normalized spacial score (nSPS) is 11.9. The SMILES string of the molecule is Cc1cc(NC(=O)C(C)SCC(=O)NCc2ccc(OC(F)F)cc2)no1. The van der Waals surface area contributed by atoms with Gasteiger partial charge in [-0.3, -0.25) is 9.59 Å². The highest BCUT2D eigenvalue weighted by Crippen LogP contribution is 2.16. The number of alkyl halides is 2. The van der Waals surface area contributed by atoms with Gasteiger partial charge in [-0.25, -0.2) is 0 Å². The van der Waals surface area contributed by atoms with Crippen molar-refractivity contribution in [3.8, 4) is 5.75 Å². The predicted molar refractivity (Wildman–Crippen MR) is 96.7 cm³/mol. The van der Waals surface area contributed by atoms with Crippen LogP contribution in [0.4, 0.5) is 14.6 Å². The van der Waals surface area contributed by atoms with Crippen LogP contribution in [-0.4, -0.2) is 34.6 Å². The van der Waals surface area contributed by atoms with Gasteiger partial charge in [-0.15, -0.1) is 11.8 Å². The molecule has 0 spiro atoms. The first-order chi connectivity index (χ1) is 12.8. The number of carbonyl (C=O) groups excluding carboxylic acids is 2. The van der Waals surface area contributed by atoms with Crippen LogP contribution >= 0.6 is 11.8 Å². The van der Waals surface area contributed by atoms with Crippen molar-refractivity contribution in [2.75, 3.05) is 11.1 Å². The molecule has 27 heavy (non-hydrogen) atoms. The molecule has 0 saturated carbocycles. The maximum Gasteiger partial charge on any atom is 0.387 e. The van der Waals surface area contributed by atoms with E-state index < -0.39 is 11.9 Å². The highest BCUT2D eigenvalue weighted by molar-refractivity contribution is 8.01. The summed E-state index contributed by atoms with van der Waals surface area (Å²) in [5.41, 5.74) is 0.738. The van der Waals surface area contributed by atoms with E-state index in [1.807, 2.05) is 0 Å². The summed E-state index contributed by atoms with van der Waals surface area (Å²) in [4.78, 5) is 23.9. The zero-order valence-electron chi connectivity index (χ0n) is 14.7. The van der Waals surface area contributed by atoms with Crippen molar-refractivity contribution in [1.82, 2.24) is 10.5 Å². The Morgan fingerprint density at radius 3 is 2.59 bits per heavy atom. The number of halogens is 2. The van der Waals surface area contributed by atoms with Gasteiger partial charge in [-0.05, 0) is 31.5 Å². The van der Waals surface area contributed by atoms with Gasteiger partial charge in [-0.2, -0.15) is 8.78 Å². The monoisotopic (exact) mass is 399 g/mol. The second-order valence-electron chi connectivity index (χ2n) is 5.56. The maximum absolute atomic E-state index is 12.1. The molecule has 0 radical (unpaired) electrons. The highest BCUT2D eigenvalue weighted by atomic mass is 32.2. The molecule has 1 unspecified atom stereocenters. The molecule has 0 aliphatic rings. The van der Waals surface area contributed by atoms with Gasteiger partial charge in [0.05, 0.1) is 11.0 Å². The molecule has 10 heteroatoms. The summed E-state index contributed by atoms with van der Waals surface area (Å²) in [5.74, 6) is 0.532. The molecule has 1 aromatic heterocycles. The van der Waals surface area contributed by atoms with E-state index in [0.29, 0.717) is 11.6 Å². The fourth-order valence-corrected chi connectivity index (χ4v) is 2.68. The summed E-state index contributed by atoms with van der Waals surface area (Å²) in [6.07, 6.45) is 0. The lowest BCUT2D eigenvalue weighted by Crippen LogP contribution is -2.28. The van der Waals surface area contributed by atoms with Crippen LogP contribution in [0.25, 0.3) is 0 Å². The smallest absolute Gasteiger partial charge is 0.387 e. The van der Waals surface area contributed by atoms with Crippen molar-refractivity contribution >= 4 is 29.4 Å². The minimum absolute atomic E-state index is 0.0535. The molecule has 0 fully saturated rings. The van der Waals surface area contributed by atoms with E-state index in [4.69, 9.17) is 4.52 Å². The molecular weight excluding hydrogens is 380 g/mol. The van der Waals surface area contributed by atoms with E-state index in [-0.39, 0.29) is 29.9 Å². The highest BCUT2D eigenvalue weighted by Gasteiger charge is 2.16. The van der Waals surface area contributed by atoms with E-state index >= 15 is 0 Å². The van der Waals surface area contributed by atoms with Gasteiger partial charge in [0.1, 0.15) is 11.5 Å². The predicted octanol–water partition coefficient (Wildman–Crippen LogP) is 2.96. The van der Waals surface area contributed by atoms with E-state index in [1.54, 1.807) is 32.0 Å². The van der Waals surface area contributed by atoms with Gasteiger partial charge < -0.3 is 19.9 Å². The number of aromatic nitrogens is 1. The number of hydrogen-bond acceptors (Lipinski definition) is 6. The largest absolute Gasteiger partial charge is 0.435 e. The topological polar surface area (TPSA) is 93.5 Å². The number of carbonyl (C=O) groups is 2. The molecule has 0 aliphatic carbocycles. The quantitative estimate of drug-likeness (QED) is 0.673. The van der Waals surface area contributed by atoms with Gasteiger partial charge in [0, 0.05) is 12.6 Å². The Hall–Kier alpha value is -2.62. The van der Waals surface area contributed by atoms with Crippen molar-refractivity contribution in [3.63, 3.8) is 0 Å². The van der Waals surface area contributed by atoms with Crippen molar-refractivity contribution in [3.05, 3.63) is 41.7 Å². The maximum atomic E-state index is 12.1. The number of amides is 2. The average Bonchev–Trinajstić information content (AvgIpc) is 3.03. The average molecular weight is 399 g/mol. The van der Waals surface area contributed by atoms with Crippen LogP contribution in [0.5, 0.6) is 5.75 Å². The summed E-state index contributed by atoms with van der Waals surface area (Å²) in [6.45, 7) is 0.764. The zero-order valence-corrected chi connectivity index (χ0v) is 15.5. The number of thioether (sulfide) groups is 1. The first-order valence-electron chi connectivity index (χ1n) is 7.99. The fourth-order valence-electron chi connectivity index (χ4n) is 1.97. The van der Waals surface area contributed by atoms with E-state index in [0.717, 1.165) is 5.56 Å². The number of hydrogen-bond donors (Lipinski definition) is 2. The van der Waals surface area contributed by atoms with Gasteiger partial charge in [0.2, 0.25) is 11.8 Å². The second kappa shape index (κ2) is 9.91. The zero-order chi connectivity index (χ0) is 19.8. The molecule has 1 aromatic carbocycles. The molecule has 0 aliphatic heterocycles. The van der Waals surface area contributed by atoms with Gasteiger partial charge in [-0.1, -0.05) is 17.3 Å². The third kappa shape index (κ3) is 7.26. The lowest BCUT2D eigenvalue weighted by molar-refractivity contribution is -0.118. The number of benzene rings is 1. The number of ether oxygens (including phenoxy) is 1. The van der Waals surface area contributed by atoms with E-state index in [1.165, 1.54) is 23.9 Å². The summed E-state index contributed by atoms with van der Waals surface area (Å²) in [5, 5.41) is 8.51. The number of rotatable bonds is 9. The summed E-state index contributed by atoms with van der Waals surface area (Å²) in [7, 11) is 0. The van der Waals surface area contributed by atoms with Gasteiger partial charge in [0.15, 0.2) is 5.82 Å². The summed E-state index contributed by atoms with van der Waals surface area (Å²) >= 11 is 1.18. The number of nitrogens with zero attached hydrogens (tertiary/aromatic N) is 1. The summed E-state index contributed by atoms with van der Waals surface area (Å²) < 4.78 is 33.3. The molecule has 7 nitrogen and oxygen atoms in total. The Kier molecular flexibility index (Phi) is 7.59. The molecule has 0 saturated heterocycles. The molecule has 2 amide bonds. The summed E-state index contributed by atoms with van der Waals surface area (Å²) in [6, 6.07) is 7.57. The van der Waals surface area contributed by atoms with Crippen molar-refractivity contribution < 1.29 is 27.6 Å². The molecular formula is C17H19F2N3O4S. The first-order valence-corrected chi connectivity index (χ1v) is 9.04. The third-order valence-corrected chi connectivity index (χ3v) is 4.49. The van der Waals surface area contributed by atoms with Crippen LogP contribution in [0, 0.1) is 6.92 Å². The van der Waals surface area contributed by atoms with Crippen molar-refractivity contribution in [1.29, 1.82) is 0 Å². The molecule has 2 rings (SSSR count). The molecule has 2 N–H and O–H groups in total. The van der Waals surface area contributed by atoms with Crippen LogP contribution in [0.15, 0.2) is 34.9 Å². The minimum atomic E-state index is -2.87. The number of aryl methyl sites for hydroxylation is 1. The van der Waals surface area contributed by atoms with E-state index in [9.17, 15) is 18.4 Å². The first kappa shape index (κ1) is 20.7. The van der Waals surface area contributed by atoms with Crippen LogP contribution in [0.3, 0.4) is 0 Å². The lowest BCUT2D eigenvalue weighted by atomic mass is 10.2. The molecule has 1 atom stereocenters. The Balaban J connectivity index is 1.69. The number of anilines is 1. The molecule has 2 aromatic rings.